The molecule has 10 nitrogen and oxygen atoms in total. The van der Waals surface area contributed by atoms with Gasteiger partial charge in [-0.2, -0.15) is 10.2 Å². The Morgan fingerprint density at radius 3 is 2.52 bits per heavy atom. The van der Waals surface area contributed by atoms with Crippen molar-refractivity contribution in [3.8, 4) is 16.9 Å². The van der Waals surface area contributed by atoms with Crippen LogP contribution in [0.1, 0.15) is 17.9 Å². The van der Waals surface area contributed by atoms with Gasteiger partial charge in [0.1, 0.15) is 10.7 Å². The summed E-state index contributed by atoms with van der Waals surface area (Å²) in [6.45, 7) is 4.66. The molecule has 3 N–H and O–H groups in total. The zero-order valence-corrected chi connectivity index (χ0v) is 24.2. The van der Waals surface area contributed by atoms with Gasteiger partial charge >= 0.3 is 6.03 Å². The number of anilines is 1. The lowest BCUT2D eigenvalue weighted by atomic mass is 9.98. The van der Waals surface area contributed by atoms with Crippen LogP contribution >= 0.6 is 11.6 Å². The number of nitrogens with one attached hydrogen (secondary N) is 1. The van der Waals surface area contributed by atoms with Crippen molar-refractivity contribution in [1.29, 1.82) is 0 Å². The summed E-state index contributed by atoms with van der Waals surface area (Å²) in [7, 11) is 3.31. The summed E-state index contributed by atoms with van der Waals surface area (Å²) in [6, 6.07) is 12.8. The van der Waals surface area contributed by atoms with Crippen molar-refractivity contribution in [3.63, 3.8) is 0 Å². The van der Waals surface area contributed by atoms with Crippen LogP contribution in [-0.4, -0.2) is 77.6 Å². The predicted molar refractivity (Wildman–Crippen MR) is 157 cm³/mol. The molecular formula is C29H34ClF2N7O3. The first-order valence-electron chi connectivity index (χ1n) is 13.4. The van der Waals surface area contributed by atoms with Crippen LogP contribution in [0, 0.1) is 11.6 Å². The smallest absolute Gasteiger partial charge is 0.317 e. The third kappa shape index (κ3) is 7.91. The number of primary amides is 1. The van der Waals surface area contributed by atoms with E-state index < -0.39 is 17.7 Å². The third-order valence-corrected chi connectivity index (χ3v) is 7.16. The van der Waals surface area contributed by atoms with Crippen LogP contribution in [0.15, 0.2) is 60.9 Å². The Morgan fingerprint density at radius 1 is 1.10 bits per heavy atom. The second-order valence-corrected chi connectivity index (χ2v) is 10.1. The molecule has 13 heteroatoms. The zero-order chi connectivity index (χ0) is 30.1. The van der Waals surface area contributed by atoms with Gasteiger partial charge in [0.2, 0.25) is 0 Å². The number of nitrogens with zero attached hydrogens (tertiary/aromatic N) is 5. The first kappa shape index (κ1) is 31.1. The molecule has 2 aromatic heterocycles. The summed E-state index contributed by atoms with van der Waals surface area (Å²) in [5, 5.41) is 11.6. The molecule has 0 aliphatic carbocycles. The monoisotopic (exact) mass is 601 g/mol. The molecule has 1 atom stereocenters. The van der Waals surface area contributed by atoms with Crippen LogP contribution in [0.3, 0.4) is 0 Å². The summed E-state index contributed by atoms with van der Waals surface area (Å²) < 4.78 is 39.3. The van der Waals surface area contributed by atoms with Crippen LogP contribution in [0.2, 0.25) is 5.02 Å². The molecule has 224 valence electrons. The average molecular weight is 602 g/mol. The number of amides is 2. The van der Waals surface area contributed by atoms with Gasteiger partial charge in [-0.15, -0.1) is 0 Å². The van der Waals surface area contributed by atoms with Gasteiger partial charge in [0.15, 0.2) is 17.5 Å². The third-order valence-electron chi connectivity index (χ3n) is 6.80. The van der Waals surface area contributed by atoms with E-state index in [1.54, 1.807) is 31.2 Å². The SMILES string of the molecule is COCCN1CCC(c2ccc(F)c(F)c2)C1.COCCn1cc(-c2nn(-c3ccccc3)c(NC(N)=O)c2Cl)cn1. The lowest BCUT2D eigenvalue weighted by Gasteiger charge is -2.15. The van der Waals surface area contributed by atoms with Gasteiger partial charge < -0.3 is 20.1 Å². The van der Waals surface area contributed by atoms with Crippen LogP contribution in [0.5, 0.6) is 0 Å². The molecule has 2 amide bonds. The molecule has 2 aromatic carbocycles. The first-order valence-corrected chi connectivity index (χ1v) is 13.8. The van der Waals surface area contributed by atoms with Gasteiger partial charge in [-0.05, 0) is 48.7 Å². The quantitative estimate of drug-likeness (QED) is 0.267. The summed E-state index contributed by atoms with van der Waals surface area (Å²) in [5.74, 6) is -0.914. The van der Waals surface area contributed by atoms with Crippen molar-refractivity contribution >= 4 is 23.4 Å². The van der Waals surface area contributed by atoms with E-state index in [4.69, 9.17) is 26.8 Å². The van der Waals surface area contributed by atoms with Crippen LogP contribution in [0.4, 0.5) is 19.4 Å². The minimum absolute atomic E-state index is 0.286. The predicted octanol–water partition coefficient (Wildman–Crippen LogP) is 4.93. The molecule has 0 radical (unpaired) electrons. The maximum Gasteiger partial charge on any atom is 0.317 e. The van der Waals surface area contributed by atoms with Crippen molar-refractivity contribution in [2.24, 2.45) is 5.73 Å². The van der Waals surface area contributed by atoms with Crippen molar-refractivity contribution in [1.82, 2.24) is 24.5 Å². The van der Waals surface area contributed by atoms with Crippen LogP contribution in [-0.2, 0) is 16.0 Å². The van der Waals surface area contributed by atoms with Crippen molar-refractivity contribution in [3.05, 3.63) is 83.1 Å². The van der Waals surface area contributed by atoms with Gasteiger partial charge in [0, 0.05) is 39.1 Å². The number of hydrogen-bond acceptors (Lipinski definition) is 6. The highest BCUT2D eigenvalue weighted by Crippen LogP contribution is 2.35. The Bertz CT molecular complexity index is 1460. The van der Waals surface area contributed by atoms with Crippen molar-refractivity contribution in [2.75, 3.05) is 52.4 Å². The minimum Gasteiger partial charge on any atom is -0.383 e. The van der Waals surface area contributed by atoms with E-state index in [0.717, 1.165) is 42.9 Å². The lowest BCUT2D eigenvalue weighted by molar-refractivity contribution is 0.160. The molecule has 42 heavy (non-hydrogen) atoms. The highest BCUT2D eigenvalue weighted by atomic mass is 35.5. The highest BCUT2D eigenvalue weighted by Gasteiger charge is 2.24. The van der Waals surface area contributed by atoms with E-state index >= 15 is 0 Å². The average Bonchev–Trinajstić information content (AvgIpc) is 3.73. The Kier molecular flexibility index (Phi) is 11.0. The van der Waals surface area contributed by atoms with Crippen molar-refractivity contribution < 1.29 is 23.0 Å². The number of halogens is 3. The number of likely N-dealkylation sites (tertiary alicyclic amines) is 1. The molecule has 0 spiro atoms. The van der Waals surface area contributed by atoms with E-state index in [2.05, 4.69) is 20.4 Å². The number of nitrogens with two attached hydrogens (primary N) is 1. The Hall–Kier alpha value is -3.84. The number of urea groups is 1. The molecule has 0 bridgehead atoms. The molecule has 0 saturated carbocycles. The normalized spacial score (nSPS) is 14.9. The minimum atomic E-state index is -0.775. The van der Waals surface area contributed by atoms with Crippen LogP contribution in [0.25, 0.3) is 16.9 Å². The number of benzene rings is 2. The second-order valence-electron chi connectivity index (χ2n) is 9.69. The van der Waals surface area contributed by atoms with Gasteiger partial charge in [-0.1, -0.05) is 35.9 Å². The van der Waals surface area contributed by atoms with Gasteiger partial charge in [-0.3, -0.25) is 10.00 Å². The molecule has 4 aromatic rings. The standard InChI is InChI=1S/C16H17ClN6O2.C13H17F2NO/c1-25-8-7-22-10-11(9-19-22)14-13(17)15(20-16(18)24)23(21-14)12-5-3-2-4-6-12;1-17-7-6-16-5-4-11(9-16)10-2-3-12(14)13(15)8-10/h2-6,9-10H,7-8H2,1H3,(H3,18,20,24);2-3,8,11H,4-7,9H2,1H3. The number of carbonyl (C=O) groups is 1. The summed E-state index contributed by atoms with van der Waals surface area (Å²) in [6.07, 6.45) is 4.47. The van der Waals surface area contributed by atoms with Crippen LogP contribution < -0.4 is 11.1 Å². The van der Waals surface area contributed by atoms with Gasteiger partial charge in [0.25, 0.3) is 0 Å². The van der Waals surface area contributed by atoms with Crippen molar-refractivity contribution in [2.45, 2.75) is 18.9 Å². The fourth-order valence-corrected chi connectivity index (χ4v) is 4.93. The van der Waals surface area contributed by atoms with E-state index in [1.165, 1.54) is 16.8 Å². The molecule has 1 unspecified atom stereocenters. The van der Waals surface area contributed by atoms with E-state index in [-0.39, 0.29) is 5.02 Å². The highest BCUT2D eigenvalue weighted by molar-refractivity contribution is 6.36. The summed E-state index contributed by atoms with van der Waals surface area (Å²) in [5.41, 5.74) is 8.12. The molecule has 1 aliphatic heterocycles. The van der Waals surface area contributed by atoms with Gasteiger partial charge in [0.05, 0.1) is 31.6 Å². The van der Waals surface area contributed by atoms with Gasteiger partial charge in [-0.25, -0.2) is 18.3 Å². The second kappa shape index (κ2) is 14.9. The maximum atomic E-state index is 13.1. The number of rotatable bonds is 10. The Morgan fingerprint density at radius 2 is 1.83 bits per heavy atom. The number of hydrogen-bond donors (Lipinski definition) is 2. The van der Waals surface area contributed by atoms with E-state index in [9.17, 15) is 13.6 Å². The number of methoxy groups -OCH3 is 2. The topological polar surface area (TPSA) is 112 Å². The summed E-state index contributed by atoms with van der Waals surface area (Å²) in [4.78, 5) is 13.6. The molecular weight excluding hydrogens is 568 g/mol. The maximum absolute atomic E-state index is 13.1. The number of carbonyl (C=O) groups excluding carboxylic acids is 1. The van der Waals surface area contributed by atoms with E-state index in [0.29, 0.717) is 37.2 Å². The fraction of sp³-hybridized carbons (Fsp3) is 0.345. The lowest BCUT2D eigenvalue weighted by Crippen LogP contribution is -2.24. The molecule has 1 aliphatic rings. The largest absolute Gasteiger partial charge is 0.383 e. The zero-order valence-electron chi connectivity index (χ0n) is 23.5. The molecule has 1 fully saturated rings. The molecule has 1 saturated heterocycles. The number of aromatic nitrogens is 4. The fourth-order valence-electron chi connectivity index (χ4n) is 4.65. The Labute approximate surface area is 248 Å². The molecule has 5 rings (SSSR count). The number of ether oxygens (including phenoxy) is 2. The van der Waals surface area contributed by atoms with E-state index in [1.807, 2.05) is 36.5 Å². The number of para-hydroxylation sites is 1. The Balaban J connectivity index is 0.000000208. The molecule has 3 heterocycles. The first-order chi connectivity index (χ1) is 20.3. The summed E-state index contributed by atoms with van der Waals surface area (Å²) >= 11 is 6.46.